The molecule has 0 bridgehead atoms. The van der Waals surface area contributed by atoms with Crippen LogP contribution < -0.4 is 9.64 Å². The molecular weight excluding hydrogens is 477 g/mol. The van der Waals surface area contributed by atoms with Gasteiger partial charge in [-0.2, -0.15) is 18.2 Å². The van der Waals surface area contributed by atoms with Crippen LogP contribution in [-0.4, -0.2) is 64.9 Å². The van der Waals surface area contributed by atoms with Crippen LogP contribution in [0.3, 0.4) is 0 Å². The van der Waals surface area contributed by atoms with Crippen molar-refractivity contribution < 1.29 is 32.2 Å². The number of alkyl halides is 3. The predicted molar refractivity (Wildman–Crippen MR) is 126 cm³/mol. The third kappa shape index (κ3) is 6.37. The Kier molecular flexibility index (Phi) is 7.05. The highest BCUT2D eigenvalue weighted by molar-refractivity contribution is 5.68. The van der Waals surface area contributed by atoms with Crippen molar-refractivity contribution in [3.8, 4) is 11.6 Å². The highest BCUT2D eigenvalue weighted by atomic mass is 19.4. The van der Waals surface area contributed by atoms with E-state index in [1.807, 2.05) is 25.7 Å². The number of benzene rings is 1. The van der Waals surface area contributed by atoms with Crippen LogP contribution in [0.5, 0.6) is 11.6 Å². The first kappa shape index (κ1) is 26.0. The molecule has 4 rings (SSSR count). The van der Waals surface area contributed by atoms with Gasteiger partial charge in [-0.1, -0.05) is 6.07 Å². The zero-order valence-electron chi connectivity index (χ0n) is 20.9. The topological polar surface area (TPSA) is 77.0 Å². The average molecular weight is 509 g/mol. The maximum absolute atomic E-state index is 13.0. The summed E-state index contributed by atoms with van der Waals surface area (Å²) in [5.74, 6) is 0.651. The molecule has 0 radical (unpaired) electrons. The summed E-state index contributed by atoms with van der Waals surface area (Å²) in [6.45, 7) is 9.86. The number of hydrogen-bond donors (Lipinski definition) is 0. The highest BCUT2D eigenvalue weighted by Crippen LogP contribution is 2.34. The quantitative estimate of drug-likeness (QED) is 0.564. The third-order valence-corrected chi connectivity index (χ3v) is 6.06. The molecule has 2 fully saturated rings. The lowest BCUT2D eigenvalue weighted by atomic mass is 9.89. The van der Waals surface area contributed by atoms with Gasteiger partial charge in [0.2, 0.25) is 11.8 Å². The van der Waals surface area contributed by atoms with Gasteiger partial charge in [0.1, 0.15) is 11.4 Å². The maximum atomic E-state index is 13.0. The average Bonchev–Trinajstić information content (AvgIpc) is 2.78. The van der Waals surface area contributed by atoms with E-state index in [2.05, 4.69) is 9.97 Å². The Bertz CT molecular complexity index is 1100. The lowest BCUT2D eigenvalue weighted by Crippen LogP contribution is -2.58. The summed E-state index contributed by atoms with van der Waals surface area (Å²) in [5.41, 5.74) is -1.19. The van der Waals surface area contributed by atoms with Crippen LogP contribution in [0.4, 0.5) is 23.9 Å². The molecule has 11 heteroatoms. The number of aryl methyl sites for hydroxylation is 1. The predicted octanol–water partition coefficient (Wildman–Crippen LogP) is 5.20. The van der Waals surface area contributed by atoms with Gasteiger partial charge in [-0.05, 0) is 58.7 Å². The third-order valence-electron chi connectivity index (χ3n) is 6.06. The number of amides is 1. The standard InChI is InChI=1S/C25H31F3N4O4/c1-17-14-20(35-19-7-5-6-18(15-19)25(26,27)28)30-21(29-17)31-10-8-24(9-11-31)16-32(12-13-34-24)22(33)36-23(2,3)4/h5-7,14-15H,8-13,16H2,1-4H3. The summed E-state index contributed by atoms with van der Waals surface area (Å²) in [7, 11) is 0. The van der Waals surface area contributed by atoms with E-state index in [1.54, 1.807) is 17.9 Å². The van der Waals surface area contributed by atoms with E-state index >= 15 is 0 Å². The Hall–Kier alpha value is -3.08. The Labute approximate surface area is 208 Å². The molecule has 2 aliphatic rings. The van der Waals surface area contributed by atoms with Crippen LogP contribution in [0, 0.1) is 6.92 Å². The first-order valence-electron chi connectivity index (χ1n) is 11.9. The second-order valence-electron chi connectivity index (χ2n) is 10.2. The first-order valence-corrected chi connectivity index (χ1v) is 11.9. The van der Waals surface area contributed by atoms with Crippen molar-refractivity contribution in [2.24, 2.45) is 0 Å². The summed E-state index contributed by atoms with van der Waals surface area (Å²) in [6.07, 6.45) is -3.48. The Morgan fingerprint density at radius 2 is 1.81 bits per heavy atom. The molecule has 2 aromatic rings. The van der Waals surface area contributed by atoms with Gasteiger partial charge in [-0.3, -0.25) is 0 Å². The number of carbonyl (C=O) groups excluding carboxylic acids is 1. The lowest BCUT2D eigenvalue weighted by molar-refractivity contribution is -0.137. The number of halogens is 3. The van der Waals surface area contributed by atoms with Crippen molar-refractivity contribution in [3.05, 3.63) is 41.6 Å². The molecule has 2 aliphatic heterocycles. The van der Waals surface area contributed by atoms with Gasteiger partial charge in [0, 0.05) is 31.4 Å². The number of rotatable bonds is 3. The molecule has 36 heavy (non-hydrogen) atoms. The zero-order valence-corrected chi connectivity index (χ0v) is 20.9. The molecule has 1 amide bonds. The van der Waals surface area contributed by atoms with Gasteiger partial charge < -0.3 is 24.0 Å². The van der Waals surface area contributed by atoms with E-state index in [-0.39, 0.29) is 17.7 Å². The lowest BCUT2D eigenvalue weighted by Gasteiger charge is -2.47. The molecule has 1 aromatic heterocycles. The molecule has 1 aromatic carbocycles. The number of anilines is 1. The number of ether oxygens (including phenoxy) is 3. The Balaban J connectivity index is 1.42. The molecule has 0 saturated carbocycles. The number of piperidine rings is 1. The van der Waals surface area contributed by atoms with Crippen molar-refractivity contribution >= 4 is 12.0 Å². The molecule has 2 saturated heterocycles. The molecule has 8 nitrogen and oxygen atoms in total. The van der Waals surface area contributed by atoms with Crippen LogP contribution in [0.25, 0.3) is 0 Å². The van der Waals surface area contributed by atoms with Gasteiger partial charge >= 0.3 is 12.3 Å². The van der Waals surface area contributed by atoms with Crippen molar-refractivity contribution in [2.45, 2.75) is 57.9 Å². The van der Waals surface area contributed by atoms with Gasteiger partial charge in [0.05, 0.1) is 24.3 Å². The molecule has 196 valence electrons. The minimum Gasteiger partial charge on any atom is -0.444 e. The highest BCUT2D eigenvalue weighted by Gasteiger charge is 2.42. The molecule has 3 heterocycles. The van der Waals surface area contributed by atoms with Crippen LogP contribution >= 0.6 is 0 Å². The summed E-state index contributed by atoms with van der Waals surface area (Å²) >= 11 is 0. The van der Waals surface area contributed by atoms with E-state index in [0.717, 1.165) is 12.1 Å². The summed E-state index contributed by atoms with van der Waals surface area (Å²) < 4.78 is 56.4. The number of morpholine rings is 1. The van der Waals surface area contributed by atoms with Gasteiger partial charge in [0.15, 0.2) is 0 Å². The second-order valence-corrected chi connectivity index (χ2v) is 10.2. The fraction of sp³-hybridized carbons (Fsp3) is 0.560. The van der Waals surface area contributed by atoms with Crippen LogP contribution in [0.1, 0.15) is 44.9 Å². The smallest absolute Gasteiger partial charge is 0.416 e. The molecule has 0 atom stereocenters. The van der Waals surface area contributed by atoms with E-state index in [4.69, 9.17) is 14.2 Å². The normalized spacial score (nSPS) is 18.3. The molecule has 0 N–H and O–H groups in total. The zero-order chi connectivity index (χ0) is 26.1. The molecule has 1 spiro atoms. The summed E-state index contributed by atoms with van der Waals surface area (Å²) in [4.78, 5) is 25.2. The van der Waals surface area contributed by atoms with Gasteiger partial charge in [-0.15, -0.1) is 0 Å². The molecule has 0 aliphatic carbocycles. The molecule has 0 unspecified atom stereocenters. The van der Waals surface area contributed by atoms with Crippen LogP contribution in [0.2, 0.25) is 0 Å². The minimum atomic E-state index is -4.46. The van der Waals surface area contributed by atoms with Crippen molar-refractivity contribution in [2.75, 3.05) is 37.7 Å². The van der Waals surface area contributed by atoms with Crippen LogP contribution in [-0.2, 0) is 15.7 Å². The fourth-order valence-electron chi connectivity index (χ4n) is 4.32. The Morgan fingerprint density at radius 1 is 1.08 bits per heavy atom. The van der Waals surface area contributed by atoms with E-state index in [0.29, 0.717) is 57.3 Å². The number of aromatic nitrogens is 2. The number of carbonyl (C=O) groups is 1. The first-order chi connectivity index (χ1) is 16.8. The van der Waals surface area contributed by atoms with E-state index in [9.17, 15) is 18.0 Å². The fourth-order valence-corrected chi connectivity index (χ4v) is 4.32. The minimum absolute atomic E-state index is 0.0457. The van der Waals surface area contributed by atoms with E-state index in [1.165, 1.54) is 12.1 Å². The monoisotopic (exact) mass is 508 g/mol. The second kappa shape index (κ2) is 9.76. The van der Waals surface area contributed by atoms with Crippen molar-refractivity contribution in [3.63, 3.8) is 0 Å². The van der Waals surface area contributed by atoms with Crippen molar-refractivity contribution in [1.82, 2.24) is 14.9 Å². The summed E-state index contributed by atoms with van der Waals surface area (Å²) in [6, 6.07) is 6.26. The largest absolute Gasteiger partial charge is 0.444 e. The molecular formula is C25H31F3N4O4. The van der Waals surface area contributed by atoms with Crippen molar-refractivity contribution in [1.29, 1.82) is 0 Å². The summed E-state index contributed by atoms with van der Waals surface area (Å²) in [5, 5.41) is 0. The SMILES string of the molecule is Cc1cc(Oc2cccc(C(F)(F)F)c2)nc(N2CCC3(CC2)CN(C(=O)OC(C)(C)C)CCO3)n1. The van der Waals surface area contributed by atoms with Gasteiger partial charge in [0.25, 0.3) is 0 Å². The number of nitrogens with zero attached hydrogens (tertiary/aromatic N) is 4. The number of hydrogen-bond acceptors (Lipinski definition) is 7. The van der Waals surface area contributed by atoms with Gasteiger partial charge in [-0.25, -0.2) is 9.78 Å². The maximum Gasteiger partial charge on any atom is 0.416 e. The Morgan fingerprint density at radius 3 is 2.47 bits per heavy atom. The van der Waals surface area contributed by atoms with E-state index < -0.39 is 22.9 Å². The van der Waals surface area contributed by atoms with Crippen LogP contribution in [0.15, 0.2) is 30.3 Å².